The molecule has 17 heavy (non-hydrogen) atoms. The van der Waals surface area contributed by atoms with Crippen molar-refractivity contribution in [2.24, 2.45) is 5.73 Å². The number of carbonyl (C=O) groups is 1. The number of fused-ring (bicyclic) bond motifs is 1. The van der Waals surface area contributed by atoms with Crippen molar-refractivity contribution in [2.75, 3.05) is 5.32 Å². The predicted molar refractivity (Wildman–Crippen MR) is 69.9 cm³/mol. The van der Waals surface area contributed by atoms with Gasteiger partial charge in [-0.3, -0.25) is 4.79 Å². The minimum atomic E-state index is -0.125. The van der Waals surface area contributed by atoms with Gasteiger partial charge in [-0.2, -0.15) is 0 Å². The smallest absolute Gasteiger partial charge is 0.225 e. The van der Waals surface area contributed by atoms with E-state index in [0.717, 1.165) is 22.3 Å². The highest BCUT2D eigenvalue weighted by molar-refractivity contribution is 6.03. The second-order valence-corrected chi connectivity index (χ2v) is 4.40. The maximum absolute atomic E-state index is 11.7. The Kier molecular flexibility index (Phi) is 3.15. The first kappa shape index (κ1) is 11.7. The van der Waals surface area contributed by atoms with E-state index in [0.29, 0.717) is 6.42 Å². The van der Waals surface area contributed by atoms with Crippen LogP contribution in [0.1, 0.15) is 19.0 Å². The molecule has 4 heteroatoms. The first-order chi connectivity index (χ1) is 8.08. The number of hydrogen-bond donors (Lipinski definition) is 3. The summed E-state index contributed by atoms with van der Waals surface area (Å²) in [5.74, 6) is -0.0483. The van der Waals surface area contributed by atoms with Crippen LogP contribution in [0, 0.1) is 6.92 Å². The van der Waals surface area contributed by atoms with Crippen LogP contribution in [0.4, 0.5) is 5.69 Å². The number of nitrogens with two attached hydrogens (primary N) is 1. The van der Waals surface area contributed by atoms with Crippen LogP contribution in [0.25, 0.3) is 10.9 Å². The summed E-state index contributed by atoms with van der Waals surface area (Å²) in [5, 5.41) is 3.94. The summed E-state index contributed by atoms with van der Waals surface area (Å²) >= 11 is 0. The van der Waals surface area contributed by atoms with Crippen LogP contribution in [0.5, 0.6) is 0 Å². The lowest BCUT2D eigenvalue weighted by molar-refractivity contribution is -0.116. The van der Waals surface area contributed by atoms with Crippen molar-refractivity contribution in [3.05, 3.63) is 30.0 Å². The molecule has 1 amide bonds. The molecule has 1 atom stereocenters. The van der Waals surface area contributed by atoms with E-state index in [1.165, 1.54) is 0 Å². The molecule has 0 aliphatic rings. The number of carbonyl (C=O) groups excluding carboxylic acids is 1. The topological polar surface area (TPSA) is 70.9 Å². The Hall–Kier alpha value is -1.81. The number of aromatic nitrogens is 1. The number of nitrogens with one attached hydrogen (secondary N) is 2. The van der Waals surface area contributed by atoms with E-state index < -0.39 is 0 Å². The number of hydrogen-bond acceptors (Lipinski definition) is 2. The van der Waals surface area contributed by atoms with Gasteiger partial charge in [0.15, 0.2) is 0 Å². The molecule has 0 saturated heterocycles. The maximum atomic E-state index is 11.7. The molecule has 90 valence electrons. The minimum Gasteiger partial charge on any atom is -0.357 e. The van der Waals surface area contributed by atoms with Gasteiger partial charge in [0.2, 0.25) is 5.91 Å². The lowest BCUT2D eigenvalue weighted by atomic mass is 10.2. The molecule has 1 aromatic heterocycles. The summed E-state index contributed by atoms with van der Waals surface area (Å²) in [6.07, 6.45) is 0.332. The van der Waals surface area contributed by atoms with Crippen LogP contribution >= 0.6 is 0 Å². The number of aromatic amines is 1. The van der Waals surface area contributed by atoms with Crippen LogP contribution in [0.3, 0.4) is 0 Å². The maximum Gasteiger partial charge on any atom is 0.225 e. The minimum absolute atomic E-state index is 0.0483. The fraction of sp³-hybridized carbons (Fsp3) is 0.308. The SMILES string of the molecule is Cc1[nH]c2ccccc2c1NC(=O)CC(C)N. The molecule has 1 unspecified atom stereocenters. The van der Waals surface area contributed by atoms with Gasteiger partial charge in [0, 0.05) is 29.1 Å². The zero-order valence-electron chi connectivity index (χ0n) is 10.1. The number of H-pyrrole nitrogens is 1. The molecule has 0 radical (unpaired) electrons. The largest absolute Gasteiger partial charge is 0.357 e. The van der Waals surface area contributed by atoms with Crippen molar-refractivity contribution in [1.82, 2.24) is 4.98 Å². The monoisotopic (exact) mass is 231 g/mol. The van der Waals surface area contributed by atoms with Gasteiger partial charge in [-0.1, -0.05) is 18.2 Å². The Bertz CT molecular complexity index is 543. The quantitative estimate of drug-likeness (QED) is 0.757. The average molecular weight is 231 g/mol. The third-order valence-corrected chi connectivity index (χ3v) is 2.67. The predicted octanol–water partition coefficient (Wildman–Crippen LogP) is 2.15. The van der Waals surface area contributed by atoms with Gasteiger partial charge >= 0.3 is 0 Å². The highest BCUT2D eigenvalue weighted by Crippen LogP contribution is 2.26. The number of amides is 1. The van der Waals surface area contributed by atoms with Crippen molar-refractivity contribution >= 4 is 22.5 Å². The van der Waals surface area contributed by atoms with Crippen LogP contribution in [-0.4, -0.2) is 16.9 Å². The Morgan fingerprint density at radius 1 is 1.47 bits per heavy atom. The molecular weight excluding hydrogens is 214 g/mol. The summed E-state index contributed by atoms with van der Waals surface area (Å²) in [6.45, 7) is 3.77. The molecule has 0 fully saturated rings. The van der Waals surface area contributed by atoms with E-state index in [1.807, 2.05) is 38.1 Å². The van der Waals surface area contributed by atoms with Crippen LogP contribution in [0.15, 0.2) is 24.3 Å². The molecule has 1 aromatic carbocycles. The number of anilines is 1. The standard InChI is InChI=1S/C13H17N3O/c1-8(14)7-12(17)16-13-9(2)15-11-6-4-3-5-10(11)13/h3-6,8,15H,7,14H2,1-2H3,(H,16,17). The van der Waals surface area contributed by atoms with Gasteiger partial charge in [-0.25, -0.2) is 0 Å². The number of para-hydroxylation sites is 1. The first-order valence-corrected chi connectivity index (χ1v) is 5.70. The summed E-state index contributed by atoms with van der Waals surface area (Å²) in [4.78, 5) is 15.0. The number of aryl methyl sites for hydroxylation is 1. The molecule has 4 nitrogen and oxygen atoms in total. The summed E-state index contributed by atoms with van der Waals surface area (Å²) in [7, 11) is 0. The molecule has 0 aliphatic carbocycles. The number of benzene rings is 1. The van der Waals surface area contributed by atoms with E-state index in [2.05, 4.69) is 10.3 Å². The van der Waals surface area contributed by atoms with E-state index in [1.54, 1.807) is 0 Å². The van der Waals surface area contributed by atoms with E-state index in [9.17, 15) is 4.79 Å². The average Bonchev–Trinajstić information content (AvgIpc) is 2.55. The normalized spacial score (nSPS) is 12.6. The molecule has 0 bridgehead atoms. The lowest BCUT2D eigenvalue weighted by Gasteiger charge is -2.07. The van der Waals surface area contributed by atoms with Crippen molar-refractivity contribution in [3.8, 4) is 0 Å². The van der Waals surface area contributed by atoms with Gasteiger partial charge in [0.25, 0.3) is 0 Å². The van der Waals surface area contributed by atoms with Crippen molar-refractivity contribution < 1.29 is 4.79 Å². The Labute approximate surface area is 100 Å². The Morgan fingerprint density at radius 2 is 2.18 bits per heavy atom. The van der Waals surface area contributed by atoms with Gasteiger partial charge in [-0.05, 0) is 19.9 Å². The van der Waals surface area contributed by atoms with Crippen molar-refractivity contribution in [1.29, 1.82) is 0 Å². The van der Waals surface area contributed by atoms with Gasteiger partial charge in [0.05, 0.1) is 5.69 Å². The van der Waals surface area contributed by atoms with Crippen molar-refractivity contribution in [2.45, 2.75) is 26.3 Å². The van der Waals surface area contributed by atoms with Gasteiger partial charge in [-0.15, -0.1) is 0 Å². The zero-order valence-corrected chi connectivity index (χ0v) is 10.1. The highest BCUT2D eigenvalue weighted by Gasteiger charge is 2.11. The molecule has 0 saturated carbocycles. The third-order valence-electron chi connectivity index (χ3n) is 2.67. The molecule has 4 N–H and O–H groups in total. The molecular formula is C13H17N3O. The molecule has 1 heterocycles. The fourth-order valence-electron chi connectivity index (χ4n) is 1.92. The molecule has 0 spiro atoms. The summed E-state index contributed by atoms with van der Waals surface area (Å²) < 4.78 is 0. The van der Waals surface area contributed by atoms with Gasteiger partial charge in [0.1, 0.15) is 0 Å². The van der Waals surface area contributed by atoms with Crippen LogP contribution in [-0.2, 0) is 4.79 Å². The number of rotatable bonds is 3. The fourth-order valence-corrected chi connectivity index (χ4v) is 1.92. The van der Waals surface area contributed by atoms with Crippen molar-refractivity contribution in [3.63, 3.8) is 0 Å². The second-order valence-electron chi connectivity index (χ2n) is 4.40. The van der Waals surface area contributed by atoms with Crippen LogP contribution in [0.2, 0.25) is 0 Å². The molecule has 0 aliphatic heterocycles. The Balaban J connectivity index is 2.29. The second kappa shape index (κ2) is 4.59. The third kappa shape index (κ3) is 2.47. The highest BCUT2D eigenvalue weighted by atomic mass is 16.1. The van der Waals surface area contributed by atoms with E-state index >= 15 is 0 Å². The van der Waals surface area contributed by atoms with Crippen LogP contribution < -0.4 is 11.1 Å². The lowest BCUT2D eigenvalue weighted by Crippen LogP contribution is -2.24. The van der Waals surface area contributed by atoms with E-state index in [4.69, 9.17) is 5.73 Å². The molecule has 2 rings (SSSR count). The van der Waals surface area contributed by atoms with E-state index in [-0.39, 0.29) is 11.9 Å². The molecule has 2 aromatic rings. The Morgan fingerprint density at radius 3 is 2.88 bits per heavy atom. The zero-order chi connectivity index (χ0) is 12.4. The van der Waals surface area contributed by atoms with Gasteiger partial charge < -0.3 is 16.0 Å². The first-order valence-electron chi connectivity index (χ1n) is 5.70. The summed E-state index contributed by atoms with van der Waals surface area (Å²) in [5.41, 5.74) is 8.45. The summed E-state index contributed by atoms with van der Waals surface area (Å²) in [6, 6.07) is 7.77.